The third-order valence-electron chi connectivity index (χ3n) is 6.22. The van der Waals surface area contributed by atoms with E-state index in [4.69, 9.17) is 4.74 Å². The summed E-state index contributed by atoms with van der Waals surface area (Å²) in [4.78, 5) is 12.8. The highest BCUT2D eigenvalue weighted by molar-refractivity contribution is 7.89. The largest absolute Gasteiger partial charge is 0.495 e. The van der Waals surface area contributed by atoms with E-state index in [1.807, 2.05) is 18.2 Å². The Hall–Kier alpha value is -2.38. The van der Waals surface area contributed by atoms with Crippen LogP contribution in [0.4, 0.5) is 0 Å². The van der Waals surface area contributed by atoms with Crippen molar-refractivity contribution in [2.75, 3.05) is 13.7 Å². The molecule has 0 aliphatic heterocycles. The smallest absolute Gasteiger partial charge is 0.251 e. The van der Waals surface area contributed by atoms with Crippen LogP contribution in [-0.2, 0) is 15.4 Å². The molecule has 0 radical (unpaired) electrons. The lowest BCUT2D eigenvalue weighted by atomic mass is 9.96. The fraction of sp³-hybridized carbons (Fsp3) is 0.435. The van der Waals surface area contributed by atoms with Gasteiger partial charge in [0, 0.05) is 23.6 Å². The monoisotopic (exact) mass is 428 g/mol. The van der Waals surface area contributed by atoms with Crippen LogP contribution in [0.5, 0.6) is 5.75 Å². The molecule has 0 heterocycles. The number of rotatable bonds is 8. The number of hydrogen-bond donors (Lipinski definition) is 2. The first-order valence-corrected chi connectivity index (χ1v) is 12.0. The Morgan fingerprint density at radius 1 is 1.10 bits per heavy atom. The van der Waals surface area contributed by atoms with Gasteiger partial charge < -0.3 is 10.1 Å². The quantitative estimate of drug-likeness (QED) is 0.675. The lowest BCUT2D eigenvalue weighted by molar-refractivity contribution is 0.0949. The van der Waals surface area contributed by atoms with Crippen LogP contribution < -0.4 is 14.8 Å². The molecule has 4 rings (SSSR count). The van der Waals surface area contributed by atoms with Crippen LogP contribution in [0.1, 0.15) is 54.4 Å². The van der Waals surface area contributed by atoms with E-state index < -0.39 is 10.0 Å². The zero-order valence-electron chi connectivity index (χ0n) is 17.2. The normalized spacial score (nSPS) is 18.2. The van der Waals surface area contributed by atoms with Gasteiger partial charge in [0.05, 0.1) is 7.11 Å². The molecule has 160 valence electrons. The highest BCUT2D eigenvalue weighted by atomic mass is 32.2. The number of sulfonamides is 1. The van der Waals surface area contributed by atoms with Crippen molar-refractivity contribution < 1.29 is 17.9 Å². The number of carbonyl (C=O) groups excluding carboxylic acids is 1. The maximum Gasteiger partial charge on any atom is 0.251 e. The molecule has 7 heteroatoms. The number of methoxy groups -OCH3 is 1. The van der Waals surface area contributed by atoms with Gasteiger partial charge in [-0.2, -0.15) is 0 Å². The Morgan fingerprint density at radius 2 is 1.80 bits per heavy atom. The van der Waals surface area contributed by atoms with Crippen LogP contribution in [-0.4, -0.2) is 34.0 Å². The molecule has 0 unspecified atom stereocenters. The SMILES string of the molecule is COc1ccc(C(=O)NCC2(c3ccccc3)CC2)cc1S(=O)(=O)NC1CCCC1. The summed E-state index contributed by atoms with van der Waals surface area (Å²) in [5.74, 6) is -0.0443. The Kier molecular flexibility index (Phi) is 5.84. The van der Waals surface area contributed by atoms with Gasteiger partial charge in [-0.3, -0.25) is 4.79 Å². The van der Waals surface area contributed by atoms with E-state index in [1.54, 1.807) is 12.1 Å². The fourth-order valence-corrected chi connectivity index (χ4v) is 5.72. The van der Waals surface area contributed by atoms with Crippen molar-refractivity contribution in [1.29, 1.82) is 0 Å². The highest BCUT2D eigenvalue weighted by Crippen LogP contribution is 2.47. The van der Waals surface area contributed by atoms with Crippen molar-refractivity contribution >= 4 is 15.9 Å². The third kappa shape index (κ3) is 4.37. The molecule has 0 spiro atoms. The molecule has 1 amide bonds. The molecule has 0 atom stereocenters. The second-order valence-electron chi connectivity index (χ2n) is 8.30. The van der Waals surface area contributed by atoms with E-state index >= 15 is 0 Å². The van der Waals surface area contributed by atoms with Crippen LogP contribution >= 0.6 is 0 Å². The molecule has 2 N–H and O–H groups in total. The number of amides is 1. The predicted octanol–water partition coefficient (Wildman–Crippen LogP) is 3.38. The lowest BCUT2D eigenvalue weighted by Gasteiger charge is -2.18. The zero-order valence-corrected chi connectivity index (χ0v) is 18.0. The first-order chi connectivity index (χ1) is 14.4. The zero-order chi connectivity index (χ0) is 21.2. The predicted molar refractivity (Wildman–Crippen MR) is 115 cm³/mol. The minimum Gasteiger partial charge on any atom is -0.495 e. The van der Waals surface area contributed by atoms with Gasteiger partial charge in [0.25, 0.3) is 5.91 Å². The Morgan fingerprint density at radius 3 is 2.43 bits per heavy atom. The average molecular weight is 429 g/mol. The van der Waals surface area contributed by atoms with Crippen molar-refractivity contribution in [3.63, 3.8) is 0 Å². The second-order valence-corrected chi connectivity index (χ2v) is 9.98. The Balaban J connectivity index is 1.50. The minimum atomic E-state index is -3.77. The van der Waals surface area contributed by atoms with Gasteiger partial charge in [0.1, 0.15) is 10.6 Å². The summed E-state index contributed by atoms with van der Waals surface area (Å²) in [6.07, 6.45) is 5.79. The van der Waals surface area contributed by atoms with Crippen molar-refractivity contribution in [2.45, 2.75) is 54.9 Å². The average Bonchev–Trinajstić information content (AvgIpc) is 3.40. The van der Waals surface area contributed by atoms with Crippen LogP contribution in [0.15, 0.2) is 53.4 Å². The van der Waals surface area contributed by atoms with Gasteiger partial charge in [-0.15, -0.1) is 0 Å². The molecule has 0 saturated heterocycles. The van der Waals surface area contributed by atoms with Crippen molar-refractivity contribution in [1.82, 2.24) is 10.0 Å². The molecular formula is C23H28N2O4S. The van der Waals surface area contributed by atoms with Crippen LogP contribution in [0.25, 0.3) is 0 Å². The van der Waals surface area contributed by atoms with Crippen LogP contribution in [0.2, 0.25) is 0 Å². The first kappa shape index (κ1) is 20.9. The van der Waals surface area contributed by atoms with E-state index in [2.05, 4.69) is 22.2 Å². The molecule has 0 aromatic heterocycles. The Bertz CT molecular complexity index is 1010. The third-order valence-corrected chi connectivity index (χ3v) is 7.76. The van der Waals surface area contributed by atoms with Crippen molar-refractivity contribution in [3.8, 4) is 5.75 Å². The molecule has 2 aliphatic carbocycles. The van der Waals surface area contributed by atoms with Gasteiger partial charge in [0.2, 0.25) is 10.0 Å². The van der Waals surface area contributed by atoms with E-state index in [1.165, 1.54) is 18.7 Å². The summed E-state index contributed by atoms with van der Waals surface area (Å²) in [7, 11) is -2.34. The van der Waals surface area contributed by atoms with Crippen LogP contribution in [0, 0.1) is 0 Å². The Labute approximate surface area is 178 Å². The van der Waals surface area contributed by atoms with E-state index in [0.717, 1.165) is 38.5 Å². The highest BCUT2D eigenvalue weighted by Gasteiger charge is 2.44. The lowest BCUT2D eigenvalue weighted by Crippen LogP contribution is -2.34. The van der Waals surface area contributed by atoms with Gasteiger partial charge in [0.15, 0.2) is 0 Å². The standard InChI is InChI=1S/C23H28N2O4S/c1-29-20-12-11-17(15-21(20)30(27,28)25-19-9-5-6-10-19)22(26)24-16-23(13-14-23)18-7-3-2-4-8-18/h2-4,7-8,11-12,15,19,25H,5-6,9-10,13-14,16H2,1H3,(H,24,26). The number of benzene rings is 2. The van der Waals surface area contributed by atoms with Gasteiger partial charge in [-0.05, 0) is 49.4 Å². The van der Waals surface area contributed by atoms with Crippen molar-refractivity contribution in [3.05, 3.63) is 59.7 Å². The maximum atomic E-state index is 12.9. The topological polar surface area (TPSA) is 84.5 Å². The molecule has 2 aromatic carbocycles. The van der Waals surface area contributed by atoms with Gasteiger partial charge >= 0.3 is 0 Å². The summed E-state index contributed by atoms with van der Waals surface area (Å²) in [5.41, 5.74) is 1.53. The number of ether oxygens (including phenoxy) is 1. The summed E-state index contributed by atoms with van der Waals surface area (Å²) in [5, 5.41) is 2.99. The molecule has 2 saturated carbocycles. The van der Waals surface area contributed by atoms with Gasteiger partial charge in [-0.1, -0.05) is 43.2 Å². The number of hydrogen-bond acceptors (Lipinski definition) is 4. The van der Waals surface area contributed by atoms with Crippen LogP contribution in [0.3, 0.4) is 0 Å². The molecule has 2 aliphatic rings. The maximum absolute atomic E-state index is 12.9. The molecule has 2 fully saturated rings. The first-order valence-electron chi connectivity index (χ1n) is 10.5. The van der Waals surface area contributed by atoms with E-state index in [-0.39, 0.29) is 28.0 Å². The molecule has 2 aromatic rings. The second kappa shape index (κ2) is 8.40. The fourth-order valence-electron chi connectivity index (χ4n) is 4.22. The number of nitrogens with one attached hydrogen (secondary N) is 2. The minimum absolute atomic E-state index is 0.00810. The summed E-state index contributed by atoms with van der Waals surface area (Å²) >= 11 is 0. The van der Waals surface area contributed by atoms with E-state index in [0.29, 0.717) is 12.1 Å². The van der Waals surface area contributed by atoms with Gasteiger partial charge in [-0.25, -0.2) is 13.1 Å². The summed E-state index contributed by atoms with van der Waals surface area (Å²) < 4.78 is 33.9. The molecular weight excluding hydrogens is 400 g/mol. The molecule has 0 bridgehead atoms. The number of carbonyl (C=O) groups is 1. The van der Waals surface area contributed by atoms with Crippen molar-refractivity contribution in [2.24, 2.45) is 0 Å². The van der Waals surface area contributed by atoms with E-state index in [9.17, 15) is 13.2 Å². The molecule has 30 heavy (non-hydrogen) atoms. The summed E-state index contributed by atoms with van der Waals surface area (Å²) in [6.45, 7) is 0.532. The summed E-state index contributed by atoms with van der Waals surface area (Å²) in [6, 6.07) is 14.7. The molecule has 6 nitrogen and oxygen atoms in total.